The van der Waals surface area contributed by atoms with E-state index in [-0.39, 0.29) is 0 Å². The third-order valence-corrected chi connectivity index (χ3v) is 6.99. The standard InChI is InChI=1S/C34H26N6/c1-23-13-17-25(18-14-23)33-35-29-21-30-32(22-31(29)39(37-33)27-9-5-3-6-10-27)40(28-11-7-4-8-12-28)38-34(36-30)26-19-15-24(2)16-20-26/h3-22H,1-2H3/q+2. The van der Waals surface area contributed by atoms with Crippen molar-refractivity contribution in [2.24, 2.45) is 0 Å². The highest BCUT2D eigenvalue weighted by Crippen LogP contribution is 2.23. The molecule has 0 aliphatic carbocycles. The van der Waals surface area contributed by atoms with E-state index in [2.05, 4.69) is 92.7 Å². The molecule has 0 radical (unpaired) electrons. The molecule has 0 aliphatic heterocycles. The minimum atomic E-state index is 0.652. The average molecular weight is 519 g/mol. The van der Waals surface area contributed by atoms with Gasteiger partial charge in [0.25, 0.3) is 11.0 Å². The number of hydrogen-bond donors (Lipinski definition) is 0. The highest BCUT2D eigenvalue weighted by Gasteiger charge is 2.26. The van der Waals surface area contributed by atoms with Gasteiger partial charge in [0, 0.05) is 51.7 Å². The normalized spacial score (nSPS) is 11.2. The number of aromatic nitrogens is 6. The first kappa shape index (κ1) is 23.7. The number of benzene rings is 5. The fourth-order valence-corrected chi connectivity index (χ4v) is 4.83. The zero-order chi connectivity index (χ0) is 27.1. The van der Waals surface area contributed by atoms with E-state index in [1.54, 1.807) is 0 Å². The van der Waals surface area contributed by atoms with Crippen LogP contribution in [0.1, 0.15) is 11.1 Å². The lowest BCUT2D eigenvalue weighted by Crippen LogP contribution is -2.39. The molecule has 0 N–H and O–H groups in total. The molecular formula is C34H26N6+2. The second-order valence-corrected chi connectivity index (χ2v) is 9.93. The largest absolute Gasteiger partial charge is 0.271 e. The van der Waals surface area contributed by atoms with Crippen LogP contribution in [-0.4, -0.2) is 20.2 Å². The van der Waals surface area contributed by atoms with Crippen molar-refractivity contribution in [3.63, 3.8) is 0 Å². The number of hydrogen-bond acceptors (Lipinski definition) is 4. The smallest absolute Gasteiger partial charge is 0.216 e. The first-order chi connectivity index (χ1) is 19.6. The van der Waals surface area contributed by atoms with Crippen molar-refractivity contribution >= 4 is 22.1 Å². The second-order valence-electron chi connectivity index (χ2n) is 9.93. The van der Waals surface area contributed by atoms with Crippen LogP contribution in [0.4, 0.5) is 0 Å². The lowest BCUT2D eigenvalue weighted by molar-refractivity contribution is -0.636. The van der Waals surface area contributed by atoms with Gasteiger partial charge < -0.3 is 0 Å². The van der Waals surface area contributed by atoms with Gasteiger partial charge in [-0.15, -0.1) is 0 Å². The van der Waals surface area contributed by atoms with Gasteiger partial charge in [-0.25, -0.2) is 9.97 Å². The van der Waals surface area contributed by atoms with Gasteiger partial charge in [-0.3, -0.25) is 0 Å². The maximum absolute atomic E-state index is 5.03. The molecule has 7 aromatic rings. The van der Waals surface area contributed by atoms with Crippen LogP contribution in [0.2, 0.25) is 0 Å². The monoisotopic (exact) mass is 518 g/mol. The average Bonchev–Trinajstić information content (AvgIpc) is 3.00. The second kappa shape index (κ2) is 9.75. The molecule has 0 bridgehead atoms. The molecule has 7 rings (SSSR count). The predicted molar refractivity (Wildman–Crippen MR) is 156 cm³/mol. The molecule has 5 aromatic carbocycles. The number of aryl methyl sites for hydroxylation is 2. The van der Waals surface area contributed by atoms with Crippen LogP contribution in [0.3, 0.4) is 0 Å². The van der Waals surface area contributed by atoms with Gasteiger partial charge in [-0.1, -0.05) is 96.1 Å². The van der Waals surface area contributed by atoms with E-state index < -0.39 is 0 Å². The van der Waals surface area contributed by atoms with E-state index in [4.69, 9.17) is 20.2 Å². The lowest BCUT2D eigenvalue weighted by Gasteiger charge is -2.06. The fourth-order valence-electron chi connectivity index (χ4n) is 4.83. The van der Waals surface area contributed by atoms with Crippen LogP contribution >= 0.6 is 0 Å². The van der Waals surface area contributed by atoms with Gasteiger partial charge in [-0.05, 0) is 23.2 Å². The Morgan fingerprint density at radius 3 is 1.25 bits per heavy atom. The Hall–Kier alpha value is -5.36. The van der Waals surface area contributed by atoms with E-state index in [1.807, 2.05) is 51.8 Å². The summed E-state index contributed by atoms with van der Waals surface area (Å²) in [5, 5.41) is 10.0. The van der Waals surface area contributed by atoms with Gasteiger partial charge in [0.05, 0.1) is 6.07 Å². The molecule has 2 aromatic heterocycles. The highest BCUT2D eigenvalue weighted by molar-refractivity contribution is 5.89. The summed E-state index contributed by atoms with van der Waals surface area (Å²) in [6.45, 7) is 4.16. The molecule has 0 amide bonds. The van der Waals surface area contributed by atoms with Crippen LogP contribution in [0.5, 0.6) is 0 Å². The Morgan fingerprint density at radius 2 is 0.850 bits per heavy atom. The summed E-state index contributed by atoms with van der Waals surface area (Å²) in [4.78, 5) is 10.1. The topological polar surface area (TPSA) is 59.3 Å². The molecule has 40 heavy (non-hydrogen) atoms. The fraction of sp³-hybridized carbons (Fsp3) is 0.0588. The van der Waals surface area contributed by atoms with Crippen molar-refractivity contribution in [2.75, 3.05) is 0 Å². The summed E-state index contributed by atoms with van der Waals surface area (Å²) in [6.07, 6.45) is 0. The minimum absolute atomic E-state index is 0.652. The van der Waals surface area contributed by atoms with Gasteiger partial charge >= 0.3 is 0 Å². The molecule has 0 atom stereocenters. The Morgan fingerprint density at radius 1 is 0.450 bits per heavy atom. The molecule has 6 nitrogen and oxygen atoms in total. The molecular weight excluding hydrogens is 492 g/mol. The third kappa shape index (κ3) is 4.35. The van der Waals surface area contributed by atoms with E-state index in [0.29, 0.717) is 11.6 Å². The van der Waals surface area contributed by atoms with Crippen LogP contribution in [-0.2, 0) is 0 Å². The van der Waals surface area contributed by atoms with Crippen molar-refractivity contribution in [3.8, 4) is 34.2 Å². The number of rotatable bonds is 4. The van der Waals surface area contributed by atoms with Crippen molar-refractivity contribution < 1.29 is 9.36 Å². The number of nitrogens with zero attached hydrogens (tertiary/aromatic N) is 6. The zero-order valence-electron chi connectivity index (χ0n) is 22.2. The highest BCUT2D eigenvalue weighted by atomic mass is 15.3. The van der Waals surface area contributed by atoms with Crippen molar-refractivity contribution in [1.82, 2.24) is 20.2 Å². The zero-order valence-corrected chi connectivity index (χ0v) is 22.2. The Balaban J connectivity index is 1.55. The summed E-state index contributed by atoms with van der Waals surface area (Å²) < 4.78 is 3.92. The predicted octanol–water partition coefficient (Wildman–Crippen LogP) is 6.08. The first-order valence-electron chi connectivity index (χ1n) is 13.3. The molecule has 0 spiro atoms. The van der Waals surface area contributed by atoms with Gasteiger partial charge in [0.15, 0.2) is 0 Å². The molecule has 0 saturated carbocycles. The summed E-state index contributed by atoms with van der Waals surface area (Å²) >= 11 is 0. The maximum Gasteiger partial charge on any atom is 0.271 e. The Bertz CT molecular complexity index is 1840. The third-order valence-electron chi connectivity index (χ3n) is 6.99. The first-order valence-corrected chi connectivity index (χ1v) is 13.3. The van der Waals surface area contributed by atoms with E-state index in [9.17, 15) is 0 Å². The number of fused-ring (bicyclic) bond motifs is 2. The van der Waals surface area contributed by atoms with Crippen LogP contribution in [0.25, 0.3) is 56.2 Å². The molecule has 0 unspecified atom stereocenters. The van der Waals surface area contributed by atoms with Crippen molar-refractivity contribution in [3.05, 3.63) is 132 Å². The SMILES string of the molecule is Cc1ccc(-c2nc3cc4nc(-c5ccc(C)cc5)n[n+](-c5ccccc5)c4cc3[n+](-c3ccccc3)n2)cc1. The minimum Gasteiger partial charge on any atom is -0.216 e. The molecule has 2 heterocycles. The van der Waals surface area contributed by atoms with E-state index >= 15 is 0 Å². The molecule has 6 heteroatoms. The summed E-state index contributed by atoms with van der Waals surface area (Å²) in [5.74, 6) is 1.30. The molecule has 0 fully saturated rings. The van der Waals surface area contributed by atoms with E-state index in [1.165, 1.54) is 11.1 Å². The van der Waals surface area contributed by atoms with Crippen LogP contribution in [0, 0.1) is 13.8 Å². The summed E-state index contributed by atoms with van der Waals surface area (Å²) in [6, 6.07) is 41.0. The Kier molecular flexibility index (Phi) is 5.78. The summed E-state index contributed by atoms with van der Waals surface area (Å²) in [5.41, 5.74) is 9.54. The maximum atomic E-state index is 5.03. The quantitative estimate of drug-likeness (QED) is 0.209. The lowest BCUT2D eigenvalue weighted by atomic mass is 10.1. The molecule has 0 saturated heterocycles. The number of para-hydroxylation sites is 2. The van der Waals surface area contributed by atoms with Crippen LogP contribution < -0.4 is 9.36 Å². The van der Waals surface area contributed by atoms with Crippen molar-refractivity contribution in [1.29, 1.82) is 0 Å². The van der Waals surface area contributed by atoms with Crippen LogP contribution in [0.15, 0.2) is 121 Å². The van der Waals surface area contributed by atoms with Gasteiger partial charge in [-0.2, -0.15) is 0 Å². The summed E-state index contributed by atoms with van der Waals surface area (Å²) in [7, 11) is 0. The van der Waals surface area contributed by atoms with Crippen molar-refractivity contribution in [2.45, 2.75) is 13.8 Å². The molecule has 0 aliphatic rings. The van der Waals surface area contributed by atoms with Gasteiger partial charge in [0.1, 0.15) is 11.0 Å². The molecule has 190 valence electrons. The Labute approximate surface area is 231 Å². The van der Waals surface area contributed by atoms with E-state index in [0.717, 1.165) is 44.6 Å². The van der Waals surface area contributed by atoms with Gasteiger partial charge in [0.2, 0.25) is 23.0 Å².